The highest BCUT2D eigenvalue weighted by Crippen LogP contribution is 2.54. The van der Waals surface area contributed by atoms with Crippen molar-refractivity contribution < 1.29 is 19.1 Å². The smallest absolute Gasteiger partial charge is 0.303 e. The first-order chi connectivity index (χ1) is 16.4. The summed E-state index contributed by atoms with van der Waals surface area (Å²) in [4.78, 5) is 27.7. The zero-order valence-corrected chi connectivity index (χ0v) is 20.1. The minimum Gasteiger partial charge on any atom is -0.497 e. The van der Waals surface area contributed by atoms with Gasteiger partial charge in [-0.15, -0.1) is 6.58 Å². The molecule has 1 aliphatic carbocycles. The number of methoxy groups -OCH3 is 1. The van der Waals surface area contributed by atoms with Gasteiger partial charge in [0.2, 0.25) is 0 Å². The van der Waals surface area contributed by atoms with Crippen LogP contribution in [0.15, 0.2) is 67.3 Å². The Labute approximate surface area is 201 Å². The van der Waals surface area contributed by atoms with Crippen molar-refractivity contribution in [1.29, 1.82) is 0 Å². The summed E-state index contributed by atoms with van der Waals surface area (Å²) in [6.45, 7) is 7.62. The summed E-state index contributed by atoms with van der Waals surface area (Å²) in [5, 5.41) is 3.26. The first-order valence-corrected chi connectivity index (χ1v) is 11.9. The van der Waals surface area contributed by atoms with Gasteiger partial charge in [-0.25, -0.2) is 0 Å². The lowest BCUT2D eigenvalue weighted by Gasteiger charge is -2.59. The number of esters is 1. The van der Waals surface area contributed by atoms with Crippen LogP contribution in [0.25, 0.3) is 0 Å². The van der Waals surface area contributed by atoms with Gasteiger partial charge in [0.05, 0.1) is 7.11 Å². The summed E-state index contributed by atoms with van der Waals surface area (Å²) in [6, 6.07) is 17.3. The van der Waals surface area contributed by atoms with Gasteiger partial charge >= 0.3 is 5.97 Å². The van der Waals surface area contributed by atoms with Gasteiger partial charge in [0.1, 0.15) is 11.4 Å². The normalized spacial score (nSPS) is 26.7. The quantitative estimate of drug-likeness (QED) is 0.496. The molecule has 0 aromatic heterocycles. The summed E-state index contributed by atoms with van der Waals surface area (Å²) in [5.74, 6) is 0.419. The number of likely N-dealkylation sites (tertiary alicyclic amines) is 1. The van der Waals surface area contributed by atoms with E-state index in [0.717, 1.165) is 37.2 Å². The van der Waals surface area contributed by atoms with Gasteiger partial charge in [-0.3, -0.25) is 14.5 Å². The molecule has 1 amide bonds. The molecule has 1 saturated carbocycles. The van der Waals surface area contributed by atoms with Gasteiger partial charge in [0.25, 0.3) is 5.91 Å². The molecule has 0 radical (unpaired) electrons. The monoisotopic (exact) mass is 462 g/mol. The van der Waals surface area contributed by atoms with E-state index in [4.69, 9.17) is 9.47 Å². The second kappa shape index (κ2) is 10.0. The van der Waals surface area contributed by atoms with Crippen molar-refractivity contribution in [2.75, 3.05) is 26.7 Å². The van der Waals surface area contributed by atoms with Crippen LogP contribution in [0.1, 0.15) is 48.5 Å². The minimum atomic E-state index is -0.694. The van der Waals surface area contributed by atoms with E-state index >= 15 is 0 Å². The van der Waals surface area contributed by atoms with E-state index in [9.17, 15) is 9.59 Å². The third-order valence-electron chi connectivity index (χ3n) is 7.42. The second-order valence-electron chi connectivity index (χ2n) is 9.45. The number of amides is 1. The average molecular weight is 463 g/mol. The molecule has 2 aromatic rings. The molecule has 2 fully saturated rings. The van der Waals surface area contributed by atoms with Crippen LogP contribution in [0.2, 0.25) is 0 Å². The molecule has 34 heavy (non-hydrogen) atoms. The molecule has 0 bridgehead atoms. The van der Waals surface area contributed by atoms with Crippen molar-refractivity contribution in [3.8, 4) is 5.75 Å². The van der Waals surface area contributed by atoms with Crippen molar-refractivity contribution in [3.05, 3.63) is 78.4 Å². The number of carbonyl (C=O) groups is 2. The van der Waals surface area contributed by atoms with Crippen LogP contribution in [0.4, 0.5) is 0 Å². The molecule has 1 saturated heterocycles. The number of ether oxygens (including phenoxy) is 2. The molecule has 4 rings (SSSR count). The van der Waals surface area contributed by atoms with E-state index in [1.807, 2.05) is 48.5 Å². The highest BCUT2D eigenvalue weighted by atomic mass is 16.6. The fourth-order valence-corrected chi connectivity index (χ4v) is 5.93. The molecule has 3 unspecified atom stereocenters. The molecule has 6 nitrogen and oxygen atoms in total. The van der Waals surface area contributed by atoms with Gasteiger partial charge < -0.3 is 14.8 Å². The van der Waals surface area contributed by atoms with Crippen molar-refractivity contribution >= 4 is 11.9 Å². The third kappa shape index (κ3) is 4.60. The number of rotatable bonds is 7. The third-order valence-corrected chi connectivity index (χ3v) is 7.42. The molecule has 3 atom stereocenters. The Morgan fingerprint density at radius 3 is 2.68 bits per heavy atom. The van der Waals surface area contributed by atoms with E-state index in [2.05, 4.69) is 28.9 Å². The summed E-state index contributed by atoms with van der Waals surface area (Å²) < 4.78 is 11.8. The topological polar surface area (TPSA) is 67.9 Å². The highest BCUT2D eigenvalue weighted by molar-refractivity contribution is 5.94. The Balaban J connectivity index is 1.73. The van der Waals surface area contributed by atoms with E-state index in [1.54, 1.807) is 7.11 Å². The molecule has 1 N–H and O–H groups in total. The fourth-order valence-electron chi connectivity index (χ4n) is 5.93. The number of fused-ring (bicyclic) bond motifs is 1. The lowest BCUT2D eigenvalue weighted by Crippen LogP contribution is -2.68. The Morgan fingerprint density at radius 1 is 1.18 bits per heavy atom. The first kappa shape index (κ1) is 24.0. The van der Waals surface area contributed by atoms with E-state index in [-0.39, 0.29) is 17.9 Å². The molecule has 0 spiro atoms. The maximum atomic E-state index is 13.0. The zero-order valence-electron chi connectivity index (χ0n) is 20.1. The standard InChI is InChI=1S/C28H34N2O4/c1-4-16-30-17-15-27(23-11-8-12-25(18-23)33-3)19-24(13-14-28(27,20-30)34-21(2)31)29-26(32)22-9-6-5-7-10-22/h4-12,18,24H,1,13-17,19-20H2,2-3H3,(H,29,32). The summed E-state index contributed by atoms with van der Waals surface area (Å²) in [5.41, 5.74) is 0.596. The Bertz CT molecular complexity index is 1040. The Kier molecular flexibility index (Phi) is 7.08. The van der Waals surface area contributed by atoms with Crippen molar-refractivity contribution in [1.82, 2.24) is 10.2 Å². The number of benzene rings is 2. The number of nitrogens with zero attached hydrogens (tertiary/aromatic N) is 1. The van der Waals surface area contributed by atoms with E-state index in [0.29, 0.717) is 24.9 Å². The molecule has 6 heteroatoms. The first-order valence-electron chi connectivity index (χ1n) is 11.9. The van der Waals surface area contributed by atoms with Crippen LogP contribution in [0.5, 0.6) is 5.75 Å². The fraction of sp³-hybridized carbons (Fsp3) is 0.429. The summed E-state index contributed by atoms with van der Waals surface area (Å²) in [7, 11) is 1.66. The highest BCUT2D eigenvalue weighted by Gasteiger charge is 2.60. The largest absolute Gasteiger partial charge is 0.497 e. The lowest BCUT2D eigenvalue weighted by molar-refractivity contribution is -0.186. The van der Waals surface area contributed by atoms with E-state index < -0.39 is 11.0 Å². The molecule has 180 valence electrons. The second-order valence-corrected chi connectivity index (χ2v) is 9.45. The van der Waals surface area contributed by atoms with Gasteiger partial charge in [0, 0.05) is 37.0 Å². The van der Waals surface area contributed by atoms with Crippen LogP contribution >= 0.6 is 0 Å². The SMILES string of the molecule is C=CCN1CCC2(c3cccc(OC)c3)CC(NC(=O)c3ccccc3)CCC2(OC(C)=O)C1. The molecule has 1 aliphatic heterocycles. The Morgan fingerprint density at radius 2 is 1.97 bits per heavy atom. The number of hydrogen-bond donors (Lipinski definition) is 1. The molecule has 2 aromatic carbocycles. The van der Waals surface area contributed by atoms with Crippen molar-refractivity contribution in [2.45, 2.75) is 49.7 Å². The van der Waals surface area contributed by atoms with Crippen LogP contribution < -0.4 is 10.1 Å². The average Bonchev–Trinajstić information content (AvgIpc) is 2.84. The number of nitrogens with one attached hydrogen (secondary N) is 1. The van der Waals surface area contributed by atoms with Gasteiger partial charge in [-0.2, -0.15) is 0 Å². The molecule has 2 aliphatic rings. The maximum absolute atomic E-state index is 13.0. The maximum Gasteiger partial charge on any atom is 0.303 e. The zero-order chi connectivity index (χ0) is 24.2. The van der Waals surface area contributed by atoms with Crippen LogP contribution in [0.3, 0.4) is 0 Å². The van der Waals surface area contributed by atoms with Crippen LogP contribution in [-0.4, -0.2) is 55.2 Å². The van der Waals surface area contributed by atoms with Crippen LogP contribution in [-0.2, 0) is 14.9 Å². The predicted octanol–water partition coefficient (Wildman–Crippen LogP) is 4.11. The summed E-state index contributed by atoms with van der Waals surface area (Å²) in [6.07, 6.45) is 4.79. The number of carbonyl (C=O) groups excluding carboxylic acids is 2. The van der Waals surface area contributed by atoms with Gasteiger partial charge in [-0.05, 0) is 62.1 Å². The number of piperidine rings is 1. The minimum absolute atomic E-state index is 0.0338. The van der Waals surface area contributed by atoms with Crippen molar-refractivity contribution in [2.24, 2.45) is 0 Å². The summed E-state index contributed by atoms with van der Waals surface area (Å²) >= 11 is 0. The number of hydrogen-bond acceptors (Lipinski definition) is 5. The van der Waals surface area contributed by atoms with Gasteiger partial charge in [-0.1, -0.05) is 36.4 Å². The van der Waals surface area contributed by atoms with Crippen molar-refractivity contribution in [3.63, 3.8) is 0 Å². The van der Waals surface area contributed by atoms with E-state index in [1.165, 1.54) is 6.92 Å². The molecule has 1 heterocycles. The lowest BCUT2D eigenvalue weighted by atomic mass is 9.55. The van der Waals surface area contributed by atoms with Crippen LogP contribution in [0, 0.1) is 0 Å². The molecular weight excluding hydrogens is 428 g/mol. The molecular formula is C28H34N2O4. The predicted molar refractivity (Wildman–Crippen MR) is 132 cm³/mol. The Hall–Kier alpha value is -3.12. The van der Waals surface area contributed by atoms with Gasteiger partial charge in [0.15, 0.2) is 0 Å².